The lowest BCUT2D eigenvalue weighted by molar-refractivity contribution is 0.0687. The van der Waals surface area contributed by atoms with Crippen LogP contribution >= 0.6 is 46.3 Å². The highest BCUT2D eigenvalue weighted by Crippen LogP contribution is 2.53. The number of hydrogen-bond donors (Lipinski definition) is 2. The van der Waals surface area contributed by atoms with E-state index in [2.05, 4.69) is 22.0 Å². The number of carbonyl (C=O) groups is 1. The highest BCUT2D eigenvalue weighted by atomic mass is 35.5. The van der Waals surface area contributed by atoms with Gasteiger partial charge in [0.25, 0.3) is 0 Å². The molecule has 1 unspecified atom stereocenters. The fourth-order valence-electron chi connectivity index (χ4n) is 4.18. The number of carboxylic acid groups (broad SMARTS) is 1. The van der Waals surface area contributed by atoms with E-state index >= 15 is 0 Å². The number of carboxylic acids is 1. The average molecular weight is 528 g/mol. The summed E-state index contributed by atoms with van der Waals surface area (Å²) in [5.74, 6) is -0.654. The van der Waals surface area contributed by atoms with Gasteiger partial charge in [0.2, 0.25) is 5.13 Å². The maximum Gasteiger partial charge on any atom is 0.355 e. The Labute approximate surface area is 211 Å². The van der Waals surface area contributed by atoms with Crippen LogP contribution in [0.4, 0.5) is 0 Å². The zero-order valence-corrected chi connectivity index (χ0v) is 20.9. The molecule has 5 aromatic rings. The van der Waals surface area contributed by atoms with Gasteiger partial charge in [-0.25, -0.2) is 14.8 Å². The van der Waals surface area contributed by atoms with E-state index in [4.69, 9.17) is 28.2 Å². The van der Waals surface area contributed by atoms with E-state index in [1.807, 2.05) is 36.4 Å². The molecule has 0 amide bonds. The predicted molar refractivity (Wildman–Crippen MR) is 136 cm³/mol. The van der Waals surface area contributed by atoms with Crippen LogP contribution in [0.1, 0.15) is 33.9 Å². The average Bonchev–Trinajstić information content (AvgIpc) is 3.49. The lowest BCUT2D eigenvalue weighted by Crippen LogP contribution is -2.09. The van der Waals surface area contributed by atoms with Crippen LogP contribution in [0, 0.1) is 6.92 Å². The van der Waals surface area contributed by atoms with Crippen molar-refractivity contribution in [1.29, 1.82) is 0 Å². The molecule has 170 valence electrons. The number of aromatic amines is 1. The summed E-state index contributed by atoms with van der Waals surface area (Å²) in [5.41, 5.74) is 5.26. The summed E-state index contributed by atoms with van der Waals surface area (Å²) in [7, 11) is 0. The Kier molecular flexibility index (Phi) is 5.00. The molecule has 11 heteroatoms. The Bertz CT molecular complexity index is 1610. The van der Waals surface area contributed by atoms with Crippen molar-refractivity contribution in [3.8, 4) is 27.8 Å². The van der Waals surface area contributed by atoms with Crippen molar-refractivity contribution in [2.75, 3.05) is 0 Å². The van der Waals surface area contributed by atoms with Gasteiger partial charge in [-0.15, -0.1) is 11.8 Å². The molecular weight excluding hydrogens is 513 g/mol. The summed E-state index contributed by atoms with van der Waals surface area (Å²) >= 11 is 15.6. The van der Waals surface area contributed by atoms with Crippen LogP contribution in [0.2, 0.25) is 10.0 Å². The quantitative estimate of drug-likeness (QED) is 0.261. The third-order valence-electron chi connectivity index (χ3n) is 5.72. The lowest BCUT2D eigenvalue weighted by Gasteiger charge is -2.21. The molecule has 0 saturated carbocycles. The number of aryl methyl sites for hydroxylation is 1. The van der Waals surface area contributed by atoms with Crippen LogP contribution in [0.25, 0.3) is 38.8 Å². The molecule has 1 aliphatic rings. The van der Waals surface area contributed by atoms with Crippen molar-refractivity contribution in [3.63, 3.8) is 0 Å². The first-order chi connectivity index (χ1) is 16.3. The van der Waals surface area contributed by atoms with E-state index in [0.717, 1.165) is 32.1 Å². The summed E-state index contributed by atoms with van der Waals surface area (Å²) in [6, 6.07) is 11.3. The number of nitrogens with zero attached hydrogens (tertiary/aromatic N) is 4. The molecular formula is C23H15Cl2N5O2S2. The molecule has 3 aromatic heterocycles. The fraction of sp³-hybridized carbons (Fsp3) is 0.130. The molecule has 4 heterocycles. The summed E-state index contributed by atoms with van der Waals surface area (Å²) in [6.07, 6.45) is 0. The number of thioether (sulfide) groups is 1. The van der Waals surface area contributed by atoms with Gasteiger partial charge in [0.05, 0.1) is 42.2 Å². The van der Waals surface area contributed by atoms with Gasteiger partial charge in [0, 0.05) is 10.8 Å². The maximum atomic E-state index is 12.4. The largest absolute Gasteiger partial charge is 0.476 e. The molecule has 0 bridgehead atoms. The summed E-state index contributed by atoms with van der Waals surface area (Å²) in [5, 5.41) is 16.3. The molecule has 0 spiro atoms. The molecule has 0 fully saturated rings. The summed E-state index contributed by atoms with van der Waals surface area (Å²) in [4.78, 5) is 25.0. The van der Waals surface area contributed by atoms with Crippen LogP contribution < -0.4 is 0 Å². The standard InChI is InChI=1S/C23H15Cl2N5O2S2/c1-9-17(20-26-15-5-3-4-6-16(15)27-20)19(21(31)32)30(29-9)23-28-18-12-8-14(25)13(24)7-11(12)10(2)33-22(18)34-23/h3-8,10H,1-2H3,(H,26,27)(H,31,32). The van der Waals surface area contributed by atoms with Crippen molar-refractivity contribution in [3.05, 3.63) is 63.4 Å². The normalized spacial score (nSPS) is 14.9. The van der Waals surface area contributed by atoms with Crippen molar-refractivity contribution in [2.45, 2.75) is 23.3 Å². The van der Waals surface area contributed by atoms with Gasteiger partial charge in [-0.3, -0.25) is 0 Å². The van der Waals surface area contributed by atoms with Gasteiger partial charge in [0.15, 0.2) is 5.69 Å². The smallest absolute Gasteiger partial charge is 0.355 e. The number of aromatic carboxylic acids is 1. The second-order valence-electron chi connectivity index (χ2n) is 7.87. The van der Waals surface area contributed by atoms with E-state index in [1.54, 1.807) is 18.7 Å². The number of H-pyrrole nitrogens is 1. The lowest BCUT2D eigenvalue weighted by atomic mass is 10.0. The molecule has 2 aromatic carbocycles. The van der Waals surface area contributed by atoms with E-state index in [9.17, 15) is 9.90 Å². The first kappa shape index (κ1) is 21.7. The van der Waals surface area contributed by atoms with Crippen LogP contribution in [-0.2, 0) is 0 Å². The molecule has 34 heavy (non-hydrogen) atoms. The van der Waals surface area contributed by atoms with E-state index in [1.165, 1.54) is 16.0 Å². The van der Waals surface area contributed by atoms with Crippen LogP contribution in [-0.4, -0.2) is 35.8 Å². The Balaban J connectivity index is 1.54. The molecule has 0 aliphatic carbocycles. The minimum absolute atomic E-state index is 0.00932. The highest BCUT2D eigenvalue weighted by molar-refractivity contribution is 8.01. The Hall–Kier alpha value is -2.85. The molecule has 0 radical (unpaired) electrons. The number of halogens is 2. The summed E-state index contributed by atoms with van der Waals surface area (Å²) in [6.45, 7) is 3.86. The molecule has 0 saturated heterocycles. The first-order valence-electron chi connectivity index (χ1n) is 10.3. The van der Waals surface area contributed by atoms with Crippen molar-refractivity contribution in [1.82, 2.24) is 24.7 Å². The van der Waals surface area contributed by atoms with Crippen LogP contribution in [0.5, 0.6) is 0 Å². The van der Waals surface area contributed by atoms with Gasteiger partial charge in [-0.05, 0) is 43.7 Å². The molecule has 7 nitrogen and oxygen atoms in total. The number of imidazole rings is 1. The van der Waals surface area contributed by atoms with E-state index in [0.29, 0.717) is 32.3 Å². The highest BCUT2D eigenvalue weighted by Gasteiger charge is 2.31. The van der Waals surface area contributed by atoms with Gasteiger partial charge in [0.1, 0.15) is 5.82 Å². The zero-order chi connectivity index (χ0) is 23.7. The van der Waals surface area contributed by atoms with Crippen LogP contribution in [0.3, 0.4) is 0 Å². The number of fused-ring (bicyclic) bond motifs is 4. The van der Waals surface area contributed by atoms with Crippen molar-refractivity contribution < 1.29 is 9.90 Å². The molecule has 1 atom stereocenters. The number of aromatic nitrogens is 5. The Morgan fingerprint density at radius 2 is 1.94 bits per heavy atom. The van der Waals surface area contributed by atoms with Gasteiger partial charge in [-0.1, -0.05) is 46.7 Å². The molecule has 1 aliphatic heterocycles. The second-order valence-corrected chi connectivity index (χ2v) is 11.3. The third-order valence-corrected chi connectivity index (χ3v) is 8.83. The number of para-hydroxylation sites is 2. The minimum atomic E-state index is -1.11. The Morgan fingerprint density at radius 1 is 1.18 bits per heavy atom. The van der Waals surface area contributed by atoms with Crippen molar-refractivity contribution >= 4 is 63.3 Å². The molecule has 6 rings (SSSR count). The Morgan fingerprint density at radius 3 is 2.71 bits per heavy atom. The van der Waals surface area contributed by atoms with Crippen LogP contribution in [0.15, 0.2) is 40.6 Å². The third kappa shape index (κ3) is 3.26. The number of benzene rings is 2. The SMILES string of the molecule is Cc1nn(-c2nc3c(s2)SC(C)c2cc(Cl)c(Cl)cc2-3)c(C(=O)O)c1-c1nc2ccccc2[nH]1. The van der Waals surface area contributed by atoms with Gasteiger partial charge >= 0.3 is 5.97 Å². The zero-order valence-electron chi connectivity index (χ0n) is 17.8. The number of rotatable bonds is 3. The monoisotopic (exact) mass is 527 g/mol. The van der Waals surface area contributed by atoms with Gasteiger partial charge in [-0.2, -0.15) is 9.78 Å². The fourth-order valence-corrected chi connectivity index (χ4v) is 7.05. The second kappa shape index (κ2) is 7.84. The number of nitrogens with one attached hydrogen (secondary N) is 1. The van der Waals surface area contributed by atoms with E-state index in [-0.39, 0.29) is 10.9 Å². The number of hydrogen-bond acceptors (Lipinski definition) is 6. The maximum absolute atomic E-state index is 12.4. The topological polar surface area (TPSA) is 96.7 Å². The first-order valence-corrected chi connectivity index (χ1v) is 12.7. The minimum Gasteiger partial charge on any atom is -0.476 e. The number of thiazole rings is 1. The molecule has 2 N–H and O–H groups in total. The summed E-state index contributed by atoms with van der Waals surface area (Å²) < 4.78 is 2.37. The van der Waals surface area contributed by atoms with Crippen molar-refractivity contribution in [2.24, 2.45) is 0 Å². The predicted octanol–water partition coefficient (Wildman–Crippen LogP) is 7.02. The van der Waals surface area contributed by atoms with Gasteiger partial charge < -0.3 is 10.1 Å². The van der Waals surface area contributed by atoms with E-state index < -0.39 is 5.97 Å².